The van der Waals surface area contributed by atoms with Crippen LogP contribution in [0.15, 0.2) is 53.6 Å². The molecule has 0 spiro atoms. The summed E-state index contributed by atoms with van der Waals surface area (Å²) in [5.41, 5.74) is 1.49. The van der Waals surface area contributed by atoms with E-state index in [-0.39, 0.29) is 23.7 Å². The van der Waals surface area contributed by atoms with Crippen molar-refractivity contribution in [3.05, 3.63) is 64.7 Å². The van der Waals surface area contributed by atoms with Gasteiger partial charge in [-0.3, -0.25) is 9.36 Å². The van der Waals surface area contributed by atoms with E-state index in [0.29, 0.717) is 28.9 Å². The number of methoxy groups -OCH3 is 1. The van der Waals surface area contributed by atoms with Gasteiger partial charge in [0.25, 0.3) is 5.56 Å². The molecule has 0 aliphatic heterocycles. The molecular formula is C26H32N4O4. The Bertz CT molecular complexity index is 1200. The Morgan fingerprint density at radius 3 is 2.41 bits per heavy atom. The van der Waals surface area contributed by atoms with Gasteiger partial charge in [0.1, 0.15) is 0 Å². The highest BCUT2D eigenvalue weighted by molar-refractivity contribution is 5.81. The zero-order chi connectivity index (χ0) is 24.2. The molecule has 0 unspecified atom stereocenters. The number of benzene rings is 2. The number of fused-ring (bicyclic) bond motifs is 1. The monoisotopic (exact) mass is 464 g/mol. The molecule has 0 bridgehead atoms. The molecule has 0 radical (unpaired) electrons. The number of hydrogen-bond donors (Lipinski definition) is 0. The topological polar surface area (TPSA) is 76.9 Å². The third-order valence-electron chi connectivity index (χ3n) is 6.47. The third kappa shape index (κ3) is 5.00. The molecule has 4 rings (SSSR count). The number of rotatable bonds is 6. The lowest BCUT2D eigenvalue weighted by atomic mass is 9.92. The van der Waals surface area contributed by atoms with Gasteiger partial charge in [0.2, 0.25) is 0 Å². The first-order chi connectivity index (χ1) is 16.4. The second kappa shape index (κ2) is 10.2. The maximum atomic E-state index is 13.2. The summed E-state index contributed by atoms with van der Waals surface area (Å²) >= 11 is 0. The minimum Gasteiger partial charge on any atom is -0.493 e. The van der Waals surface area contributed by atoms with E-state index in [2.05, 4.69) is 4.98 Å². The Hall–Kier alpha value is -3.55. The Labute approximate surface area is 199 Å². The molecule has 1 aromatic heterocycles. The molecule has 1 aliphatic carbocycles. The number of aromatic nitrogens is 2. The van der Waals surface area contributed by atoms with Crippen molar-refractivity contribution in [2.45, 2.75) is 44.4 Å². The molecule has 1 fully saturated rings. The van der Waals surface area contributed by atoms with E-state index in [1.807, 2.05) is 42.3 Å². The minimum absolute atomic E-state index is 0.00586. The average molecular weight is 465 g/mol. The highest BCUT2D eigenvalue weighted by Gasteiger charge is 2.28. The summed E-state index contributed by atoms with van der Waals surface area (Å²) in [6, 6.07) is 13.5. The minimum atomic E-state index is -0.117. The summed E-state index contributed by atoms with van der Waals surface area (Å²) in [4.78, 5) is 33.4. The summed E-state index contributed by atoms with van der Waals surface area (Å²) in [5.74, 6) is 1.11. The average Bonchev–Trinajstić information content (AvgIpc) is 2.86. The Morgan fingerprint density at radius 1 is 1.06 bits per heavy atom. The maximum absolute atomic E-state index is 13.2. The van der Waals surface area contributed by atoms with E-state index in [1.165, 1.54) is 0 Å². The number of hydrogen-bond acceptors (Lipinski definition) is 5. The zero-order valence-corrected chi connectivity index (χ0v) is 20.2. The van der Waals surface area contributed by atoms with Gasteiger partial charge in [0, 0.05) is 33.3 Å². The van der Waals surface area contributed by atoms with Crippen molar-refractivity contribution in [2.24, 2.45) is 0 Å². The quantitative estimate of drug-likeness (QED) is 0.555. The predicted octanol–water partition coefficient (Wildman–Crippen LogP) is 3.76. The van der Waals surface area contributed by atoms with Gasteiger partial charge in [-0.25, -0.2) is 9.78 Å². The van der Waals surface area contributed by atoms with Gasteiger partial charge in [-0.1, -0.05) is 30.3 Å². The second-order valence-corrected chi connectivity index (χ2v) is 9.02. The van der Waals surface area contributed by atoms with Crippen molar-refractivity contribution in [1.29, 1.82) is 0 Å². The van der Waals surface area contributed by atoms with Gasteiger partial charge in [0.15, 0.2) is 11.5 Å². The second-order valence-electron chi connectivity index (χ2n) is 9.02. The number of nitrogens with zero attached hydrogens (tertiary/aromatic N) is 4. The fourth-order valence-corrected chi connectivity index (χ4v) is 4.51. The first-order valence-electron chi connectivity index (χ1n) is 11.6. The summed E-state index contributed by atoms with van der Waals surface area (Å²) in [6.45, 7) is 0.452. The summed E-state index contributed by atoms with van der Waals surface area (Å²) in [6.07, 6.45) is 4.94. The standard InChI is InChI=1S/C26H32N4O4/c1-28(2)26(32)29(3)19-10-12-20(13-11-19)34-24-14-21-22(15-23(24)33-4)27-17-30(25(21)31)16-18-8-6-5-7-9-18/h5-9,14-15,17,19-20H,10-13,16H2,1-4H3/t19-,20+. The van der Waals surface area contributed by atoms with Crippen LogP contribution >= 0.6 is 0 Å². The van der Waals surface area contributed by atoms with Gasteiger partial charge in [-0.2, -0.15) is 0 Å². The van der Waals surface area contributed by atoms with Crippen LogP contribution < -0.4 is 15.0 Å². The van der Waals surface area contributed by atoms with E-state index >= 15 is 0 Å². The fourth-order valence-electron chi connectivity index (χ4n) is 4.51. The van der Waals surface area contributed by atoms with Crippen LogP contribution in [-0.4, -0.2) is 65.8 Å². The first-order valence-corrected chi connectivity index (χ1v) is 11.6. The smallest absolute Gasteiger partial charge is 0.319 e. The first kappa shape index (κ1) is 23.6. The predicted molar refractivity (Wildman–Crippen MR) is 132 cm³/mol. The lowest BCUT2D eigenvalue weighted by molar-refractivity contribution is 0.0990. The summed E-state index contributed by atoms with van der Waals surface area (Å²) in [7, 11) is 6.97. The van der Waals surface area contributed by atoms with Crippen molar-refractivity contribution in [3.8, 4) is 11.5 Å². The molecule has 34 heavy (non-hydrogen) atoms. The molecule has 0 atom stereocenters. The number of amides is 2. The van der Waals surface area contributed by atoms with Gasteiger partial charge in [-0.15, -0.1) is 0 Å². The molecule has 0 N–H and O–H groups in total. The summed E-state index contributed by atoms with van der Waals surface area (Å²) in [5, 5.41) is 0.499. The lowest BCUT2D eigenvalue weighted by Gasteiger charge is -2.36. The molecule has 1 saturated carbocycles. The molecule has 0 saturated heterocycles. The van der Waals surface area contributed by atoms with Crippen LogP contribution in [0.2, 0.25) is 0 Å². The molecule has 2 aromatic carbocycles. The van der Waals surface area contributed by atoms with E-state index in [4.69, 9.17) is 9.47 Å². The van der Waals surface area contributed by atoms with Crippen LogP contribution in [0.4, 0.5) is 4.79 Å². The highest BCUT2D eigenvalue weighted by Crippen LogP contribution is 2.34. The van der Waals surface area contributed by atoms with Crippen LogP contribution in [-0.2, 0) is 6.54 Å². The number of urea groups is 1. The Morgan fingerprint density at radius 2 is 1.76 bits per heavy atom. The molecule has 1 aliphatic rings. The number of carbonyl (C=O) groups is 1. The zero-order valence-electron chi connectivity index (χ0n) is 20.2. The van der Waals surface area contributed by atoms with E-state index in [0.717, 1.165) is 31.2 Å². The molecule has 8 nitrogen and oxygen atoms in total. The Kier molecular flexibility index (Phi) is 7.05. The number of carbonyl (C=O) groups excluding carboxylic acids is 1. The van der Waals surface area contributed by atoms with Crippen molar-refractivity contribution in [2.75, 3.05) is 28.3 Å². The van der Waals surface area contributed by atoms with Crippen LogP contribution in [0, 0.1) is 0 Å². The van der Waals surface area contributed by atoms with E-state index in [9.17, 15) is 9.59 Å². The van der Waals surface area contributed by atoms with Gasteiger partial charge in [-0.05, 0) is 37.3 Å². The van der Waals surface area contributed by atoms with Gasteiger partial charge in [0.05, 0.1) is 37.0 Å². The normalized spacial score (nSPS) is 17.9. The summed E-state index contributed by atoms with van der Waals surface area (Å²) < 4.78 is 13.5. The van der Waals surface area contributed by atoms with Crippen molar-refractivity contribution in [3.63, 3.8) is 0 Å². The van der Waals surface area contributed by atoms with E-state index < -0.39 is 0 Å². The van der Waals surface area contributed by atoms with Crippen LogP contribution in [0.3, 0.4) is 0 Å². The molecule has 180 valence electrons. The Balaban J connectivity index is 1.52. The third-order valence-corrected chi connectivity index (χ3v) is 6.47. The SMILES string of the molecule is COc1cc2ncn(Cc3ccccc3)c(=O)c2cc1O[C@H]1CC[C@@H](N(C)C(=O)N(C)C)CC1. The molecule has 1 heterocycles. The maximum Gasteiger partial charge on any atom is 0.319 e. The molecule has 3 aromatic rings. The fraction of sp³-hybridized carbons (Fsp3) is 0.423. The molecule has 2 amide bonds. The van der Waals surface area contributed by atoms with Crippen LogP contribution in [0.5, 0.6) is 11.5 Å². The van der Waals surface area contributed by atoms with E-state index in [1.54, 1.807) is 49.1 Å². The largest absolute Gasteiger partial charge is 0.493 e. The van der Waals surface area contributed by atoms with Gasteiger partial charge >= 0.3 is 6.03 Å². The van der Waals surface area contributed by atoms with Gasteiger partial charge < -0.3 is 19.3 Å². The lowest BCUT2D eigenvalue weighted by Crippen LogP contribution is -2.45. The molecule has 8 heteroatoms. The van der Waals surface area contributed by atoms with Crippen molar-refractivity contribution >= 4 is 16.9 Å². The number of ether oxygens (including phenoxy) is 2. The van der Waals surface area contributed by atoms with Crippen LogP contribution in [0.1, 0.15) is 31.2 Å². The van der Waals surface area contributed by atoms with Crippen molar-refractivity contribution in [1.82, 2.24) is 19.4 Å². The molecular weight excluding hydrogens is 432 g/mol. The van der Waals surface area contributed by atoms with Crippen LogP contribution in [0.25, 0.3) is 10.9 Å². The van der Waals surface area contributed by atoms with Crippen molar-refractivity contribution < 1.29 is 14.3 Å². The highest BCUT2D eigenvalue weighted by atomic mass is 16.5.